The van der Waals surface area contributed by atoms with Crippen molar-refractivity contribution >= 4 is 11.7 Å². The first-order valence-electron chi connectivity index (χ1n) is 8.41. The zero-order valence-corrected chi connectivity index (χ0v) is 13.9. The number of carbonyl (C=O) groups excluding carboxylic acids is 1. The van der Waals surface area contributed by atoms with Crippen molar-refractivity contribution in [3.8, 4) is 0 Å². The second-order valence-electron chi connectivity index (χ2n) is 6.89. The Labute approximate surface area is 142 Å². The molecule has 24 heavy (non-hydrogen) atoms. The van der Waals surface area contributed by atoms with Gasteiger partial charge in [0.05, 0.1) is 12.0 Å². The standard InChI is InChI=1S/C21H21NO2/c1-12-6-9-14(10-7-12)20-16-5-3-4-15(16)18-17(21(23)24)11-8-13(2)19(18)22-20/h3-4,6-11,15-16,20,22H,5H2,1-2H3,(H,23,24)/p-1/t15-,16-,20+/m0/s1. The Balaban J connectivity index is 1.86. The van der Waals surface area contributed by atoms with E-state index in [1.165, 1.54) is 11.1 Å². The summed E-state index contributed by atoms with van der Waals surface area (Å²) in [4.78, 5) is 11.6. The molecule has 122 valence electrons. The number of anilines is 1. The molecule has 0 saturated heterocycles. The molecule has 3 nitrogen and oxygen atoms in total. The molecule has 0 spiro atoms. The lowest BCUT2D eigenvalue weighted by Gasteiger charge is -2.39. The molecule has 3 atom stereocenters. The van der Waals surface area contributed by atoms with E-state index in [9.17, 15) is 9.90 Å². The first kappa shape index (κ1) is 15.0. The van der Waals surface area contributed by atoms with Gasteiger partial charge >= 0.3 is 0 Å². The lowest BCUT2D eigenvalue weighted by Crippen LogP contribution is -2.33. The molecule has 2 aromatic carbocycles. The molecule has 0 saturated carbocycles. The van der Waals surface area contributed by atoms with Crippen molar-refractivity contribution in [3.05, 3.63) is 76.4 Å². The minimum absolute atomic E-state index is 0.125. The Hall–Kier alpha value is -2.55. The van der Waals surface area contributed by atoms with Crippen molar-refractivity contribution in [2.75, 3.05) is 5.32 Å². The van der Waals surface area contributed by atoms with Crippen molar-refractivity contribution in [2.45, 2.75) is 32.2 Å². The highest BCUT2D eigenvalue weighted by molar-refractivity contribution is 5.91. The second kappa shape index (κ2) is 5.52. The van der Waals surface area contributed by atoms with Gasteiger partial charge in [0.15, 0.2) is 0 Å². The normalized spacial score (nSPS) is 24.2. The van der Waals surface area contributed by atoms with Crippen LogP contribution in [0.5, 0.6) is 0 Å². The van der Waals surface area contributed by atoms with Gasteiger partial charge in [0.25, 0.3) is 0 Å². The predicted octanol–water partition coefficient (Wildman–Crippen LogP) is 3.49. The molecule has 0 aromatic heterocycles. The lowest BCUT2D eigenvalue weighted by molar-refractivity contribution is -0.255. The zero-order valence-electron chi connectivity index (χ0n) is 13.9. The van der Waals surface area contributed by atoms with Gasteiger partial charge in [-0.25, -0.2) is 0 Å². The van der Waals surface area contributed by atoms with Crippen LogP contribution in [0.1, 0.15) is 51.0 Å². The van der Waals surface area contributed by atoms with Gasteiger partial charge in [-0.15, -0.1) is 0 Å². The van der Waals surface area contributed by atoms with Crippen LogP contribution in [0, 0.1) is 19.8 Å². The Morgan fingerprint density at radius 3 is 2.58 bits per heavy atom. The maximum absolute atomic E-state index is 11.6. The fourth-order valence-corrected chi connectivity index (χ4v) is 4.14. The highest BCUT2D eigenvalue weighted by atomic mass is 16.4. The molecule has 1 aliphatic carbocycles. The van der Waals surface area contributed by atoms with E-state index in [0.29, 0.717) is 11.5 Å². The van der Waals surface area contributed by atoms with Crippen LogP contribution in [0.2, 0.25) is 0 Å². The number of rotatable bonds is 2. The molecule has 0 unspecified atom stereocenters. The SMILES string of the molecule is Cc1ccc([C@H]2Nc3c(C)ccc(C(=O)[O-])c3[C@H]3C=CC[C@@H]32)cc1. The van der Waals surface area contributed by atoms with Crippen LogP contribution >= 0.6 is 0 Å². The van der Waals surface area contributed by atoms with Crippen LogP contribution in [0.15, 0.2) is 48.6 Å². The van der Waals surface area contributed by atoms with Gasteiger partial charge in [0, 0.05) is 17.2 Å². The summed E-state index contributed by atoms with van der Waals surface area (Å²) in [7, 11) is 0. The Kier molecular flexibility index (Phi) is 3.45. The number of nitrogens with one attached hydrogen (secondary N) is 1. The third-order valence-corrected chi connectivity index (χ3v) is 5.38. The van der Waals surface area contributed by atoms with Gasteiger partial charge in [-0.05, 0) is 42.9 Å². The van der Waals surface area contributed by atoms with Crippen LogP contribution in [0.4, 0.5) is 5.69 Å². The van der Waals surface area contributed by atoms with Crippen LogP contribution in [-0.2, 0) is 0 Å². The average molecular weight is 318 g/mol. The molecule has 1 aliphatic heterocycles. The lowest BCUT2D eigenvalue weighted by atomic mass is 9.74. The first-order chi connectivity index (χ1) is 11.6. The summed E-state index contributed by atoms with van der Waals surface area (Å²) in [5.41, 5.74) is 5.72. The quantitative estimate of drug-likeness (QED) is 0.862. The summed E-state index contributed by atoms with van der Waals surface area (Å²) in [6.07, 6.45) is 5.29. The largest absolute Gasteiger partial charge is 0.545 e. The van der Waals surface area contributed by atoms with E-state index >= 15 is 0 Å². The number of fused-ring (bicyclic) bond motifs is 3. The monoisotopic (exact) mass is 318 g/mol. The summed E-state index contributed by atoms with van der Waals surface area (Å²) in [6.45, 7) is 4.11. The second-order valence-corrected chi connectivity index (χ2v) is 6.89. The Bertz CT molecular complexity index is 836. The number of hydrogen-bond acceptors (Lipinski definition) is 3. The summed E-state index contributed by atoms with van der Waals surface area (Å²) < 4.78 is 0. The molecule has 0 radical (unpaired) electrons. The molecule has 1 heterocycles. The number of benzene rings is 2. The smallest absolute Gasteiger partial charge is 0.0719 e. The number of carboxylic acids is 1. The van der Waals surface area contributed by atoms with Crippen molar-refractivity contribution in [1.82, 2.24) is 0 Å². The molecule has 1 N–H and O–H groups in total. The van der Waals surface area contributed by atoms with Crippen molar-refractivity contribution < 1.29 is 9.90 Å². The fourth-order valence-electron chi connectivity index (χ4n) is 4.14. The average Bonchev–Trinajstić information content (AvgIpc) is 3.05. The molecule has 0 bridgehead atoms. The summed E-state index contributed by atoms with van der Waals surface area (Å²) in [5.74, 6) is -0.638. The number of carboxylic acid groups (broad SMARTS) is 1. The van der Waals surface area contributed by atoms with Crippen LogP contribution in [-0.4, -0.2) is 5.97 Å². The molecule has 4 rings (SSSR count). The van der Waals surface area contributed by atoms with Gasteiger partial charge in [-0.3, -0.25) is 0 Å². The van der Waals surface area contributed by atoms with E-state index < -0.39 is 5.97 Å². The number of aromatic carboxylic acids is 1. The molecule has 0 fully saturated rings. The number of hydrogen-bond donors (Lipinski definition) is 1. The third-order valence-electron chi connectivity index (χ3n) is 5.38. The summed E-state index contributed by atoms with van der Waals surface area (Å²) >= 11 is 0. The number of carbonyl (C=O) groups is 1. The number of allylic oxidation sites excluding steroid dienone is 2. The van der Waals surface area contributed by atoms with Gasteiger partial charge in [-0.1, -0.05) is 54.1 Å². The fraction of sp³-hybridized carbons (Fsp3) is 0.286. The van der Waals surface area contributed by atoms with Gasteiger partial charge in [-0.2, -0.15) is 0 Å². The highest BCUT2D eigenvalue weighted by Crippen LogP contribution is 2.51. The maximum atomic E-state index is 11.6. The molecular formula is C21H20NO2-. The Morgan fingerprint density at radius 2 is 1.88 bits per heavy atom. The minimum Gasteiger partial charge on any atom is -0.545 e. The van der Waals surface area contributed by atoms with Crippen LogP contribution < -0.4 is 10.4 Å². The first-order valence-corrected chi connectivity index (χ1v) is 8.41. The predicted molar refractivity (Wildman–Crippen MR) is 93.0 cm³/mol. The molecule has 0 amide bonds. The number of aryl methyl sites for hydroxylation is 2. The molecule has 2 aromatic rings. The summed E-state index contributed by atoms with van der Waals surface area (Å²) in [5, 5.41) is 15.2. The minimum atomic E-state index is -1.10. The third kappa shape index (κ3) is 2.23. The molecular weight excluding hydrogens is 298 g/mol. The van der Waals surface area contributed by atoms with E-state index in [-0.39, 0.29) is 12.0 Å². The van der Waals surface area contributed by atoms with Gasteiger partial charge in [0.2, 0.25) is 0 Å². The van der Waals surface area contributed by atoms with Crippen molar-refractivity contribution in [1.29, 1.82) is 0 Å². The molecule has 2 aliphatic rings. The highest BCUT2D eigenvalue weighted by Gasteiger charge is 2.39. The maximum Gasteiger partial charge on any atom is 0.0719 e. The van der Waals surface area contributed by atoms with Gasteiger partial charge < -0.3 is 15.2 Å². The van der Waals surface area contributed by atoms with E-state index in [2.05, 4.69) is 48.7 Å². The van der Waals surface area contributed by atoms with E-state index in [4.69, 9.17) is 0 Å². The van der Waals surface area contributed by atoms with Crippen LogP contribution in [0.3, 0.4) is 0 Å². The molecule has 3 heteroatoms. The Morgan fingerprint density at radius 1 is 1.12 bits per heavy atom. The summed E-state index contributed by atoms with van der Waals surface area (Å²) in [6, 6.07) is 12.3. The van der Waals surface area contributed by atoms with Crippen molar-refractivity contribution in [2.24, 2.45) is 5.92 Å². The van der Waals surface area contributed by atoms with Crippen LogP contribution in [0.25, 0.3) is 0 Å². The van der Waals surface area contributed by atoms with Gasteiger partial charge in [0.1, 0.15) is 0 Å². The van der Waals surface area contributed by atoms with E-state index in [0.717, 1.165) is 23.2 Å². The van der Waals surface area contributed by atoms with E-state index in [1.54, 1.807) is 6.07 Å². The van der Waals surface area contributed by atoms with Crippen molar-refractivity contribution in [3.63, 3.8) is 0 Å². The zero-order chi connectivity index (χ0) is 16.8. The van der Waals surface area contributed by atoms with E-state index in [1.807, 2.05) is 13.0 Å². The topological polar surface area (TPSA) is 52.2 Å².